The number of nitrogens with two attached hydrogens (primary N) is 1. The number of halogens is 1. The van der Waals surface area contributed by atoms with E-state index in [2.05, 4.69) is 16.4 Å². The van der Waals surface area contributed by atoms with Gasteiger partial charge >= 0.3 is 0 Å². The number of fused-ring (bicyclic) bond motifs is 1. The van der Waals surface area contributed by atoms with Gasteiger partial charge in [0.05, 0.1) is 12.6 Å². The standard InChI is InChI=1S/C18H27N3O.HI/c19-18(20-12-5-8-14-6-1-2-7-14)21-16-11-13-22-17-10-4-3-9-15(16)17;/h3-4,9-10,14,16H,1-2,5-8,11-13H2,(H3,19,20,21);1H. The zero-order valence-electron chi connectivity index (χ0n) is 13.7. The Labute approximate surface area is 156 Å². The second kappa shape index (κ2) is 9.35. The predicted octanol–water partition coefficient (Wildman–Crippen LogP) is 4.00. The lowest BCUT2D eigenvalue weighted by molar-refractivity contribution is 0.262. The van der Waals surface area contributed by atoms with Gasteiger partial charge in [-0.2, -0.15) is 0 Å². The normalized spacial score (nSPS) is 21.2. The van der Waals surface area contributed by atoms with Crippen molar-refractivity contribution in [3.8, 4) is 5.75 Å². The first-order chi connectivity index (χ1) is 10.8. The molecule has 0 saturated heterocycles. The number of hydrogen-bond donors (Lipinski definition) is 2. The van der Waals surface area contributed by atoms with Crippen LogP contribution >= 0.6 is 24.0 Å². The maximum Gasteiger partial charge on any atom is 0.189 e. The molecule has 0 bridgehead atoms. The Balaban J connectivity index is 0.00000192. The molecule has 0 aromatic heterocycles. The quantitative estimate of drug-likeness (QED) is 0.322. The van der Waals surface area contributed by atoms with Gasteiger partial charge in [0.25, 0.3) is 0 Å². The first-order valence-corrected chi connectivity index (χ1v) is 8.61. The van der Waals surface area contributed by atoms with E-state index in [-0.39, 0.29) is 30.0 Å². The SMILES string of the molecule is I.NC(=NCCCC1CCCC1)NC1CCOc2ccccc21. The molecule has 4 nitrogen and oxygen atoms in total. The fourth-order valence-corrected chi connectivity index (χ4v) is 3.59. The van der Waals surface area contributed by atoms with Gasteiger partial charge in [0.15, 0.2) is 5.96 Å². The van der Waals surface area contributed by atoms with Crippen molar-refractivity contribution in [2.45, 2.75) is 51.0 Å². The molecule has 3 N–H and O–H groups in total. The van der Waals surface area contributed by atoms with Crippen molar-refractivity contribution in [2.75, 3.05) is 13.2 Å². The molecule has 1 aliphatic carbocycles. The van der Waals surface area contributed by atoms with Gasteiger partial charge in [-0.1, -0.05) is 43.9 Å². The lowest BCUT2D eigenvalue weighted by atomic mass is 10.0. The number of guanidine groups is 1. The molecule has 1 fully saturated rings. The summed E-state index contributed by atoms with van der Waals surface area (Å²) in [5.74, 6) is 2.46. The minimum atomic E-state index is 0. The molecule has 1 aromatic rings. The van der Waals surface area contributed by atoms with E-state index >= 15 is 0 Å². The Kier molecular flexibility index (Phi) is 7.46. The second-order valence-corrected chi connectivity index (χ2v) is 6.43. The van der Waals surface area contributed by atoms with Crippen molar-refractivity contribution in [3.05, 3.63) is 29.8 Å². The summed E-state index contributed by atoms with van der Waals surface area (Å²) in [4.78, 5) is 4.49. The molecule has 1 unspecified atom stereocenters. The molecule has 0 amide bonds. The third-order valence-corrected chi connectivity index (χ3v) is 4.81. The average molecular weight is 429 g/mol. The Morgan fingerprint density at radius 1 is 1.22 bits per heavy atom. The molecule has 1 atom stereocenters. The molecular weight excluding hydrogens is 401 g/mol. The topological polar surface area (TPSA) is 59.6 Å². The number of hydrogen-bond acceptors (Lipinski definition) is 2. The Bertz CT molecular complexity index is 515. The average Bonchev–Trinajstić information content (AvgIpc) is 3.05. The summed E-state index contributed by atoms with van der Waals surface area (Å²) in [5.41, 5.74) is 7.23. The number of rotatable bonds is 5. The fraction of sp³-hybridized carbons (Fsp3) is 0.611. The zero-order valence-corrected chi connectivity index (χ0v) is 16.0. The van der Waals surface area contributed by atoms with Crippen LogP contribution in [0.1, 0.15) is 56.6 Å². The van der Waals surface area contributed by atoms with Gasteiger partial charge in [-0.05, 0) is 24.8 Å². The minimum absolute atomic E-state index is 0. The Morgan fingerprint density at radius 2 is 2.00 bits per heavy atom. The smallest absolute Gasteiger partial charge is 0.189 e. The lowest BCUT2D eigenvalue weighted by Gasteiger charge is -2.26. The number of ether oxygens (including phenoxy) is 1. The third kappa shape index (κ3) is 5.26. The number of para-hydroxylation sites is 1. The second-order valence-electron chi connectivity index (χ2n) is 6.43. The molecule has 2 aliphatic rings. The van der Waals surface area contributed by atoms with Crippen molar-refractivity contribution in [1.29, 1.82) is 0 Å². The van der Waals surface area contributed by atoms with Crippen LogP contribution in [0.25, 0.3) is 0 Å². The van der Waals surface area contributed by atoms with Gasteiger partial charge in [-0.25, -0.2) is 0 Å². The monoisotopic (exact) mass is 429 g/mol. The van der Waals surface area contributed by atoms with Gasteiger partial charge in [0.2, 0.25) is 0 Å². The van der Waals surface area contributed by atoms with E-state index in [4.69, 9.17) is 10.5 Å². The highest BCUT2D eigenvalue weighted by Gasteiger charge is 2.21. The van der Waals surface area contributed by atoms with Crippen LogP contribution in [-0.4, -0.2) is 19.1 Å². The van der Waals surface area contributed by atoms with E-state index < -0.39 is 0 Å². The highest BCUT2D eigenvalue weighted by Crippen LogP contribution is 2.31. The van der Waals surface area contributed by atoms with E-state index in [9.17, 15) is 0 Å². The van der Waals surface area contributed by atoms with Gasteiger partial charge in [0.1, 0.15) is 5.75 Å². The molecule has 0 spiro atoms. The van der Waals surface area contributed by atoms with Crippen molar-refractivity contribution in [2.24, 2.45) is 16.6 Å². The molecule has 5 heteroatoms. The highest BCUT2D eigenvalue weighted by molar-refractivity contribution is 14.0. The highest BCUT2D eigenvalue weighted by atomic mass is 127. The zero-order chi connectivity index (χ0) is 15.2. The minimum Gasteiger partial charge on any atom is -0.493 e. The molecule has 1 aliphatic heterocycles. The largest absolute Gasteiger partial charge is 0.493 e. The van der Waals surface area contributed by atoms with Gasteiger partial charge < -0.3 is 15.8 Å². The summed E-state index contributed by atoms with van der Waals surface area (Å²) in [5, 5.41) is 3.35. The molecule has 1 aromatic carbocycles. The van der Waals surface area contributed by atoms with E-state index in [1.165, 1.54) is 37.7 Å². The number of aliphatic imine (C=N–C) groups is 1. The Morgan fingerprint density at radius 3 is 2.83 bits per heavy atom. The summed E-state index contributed by atoms with van der Waals surface area (Å²) in [7, 11) is 0. The first kappa shape index (κ1) is 18.4. The number of nitrogens with one attached hydrogen (secondary N) is 1. The summed E-state index contributed by atoms with van der Waals surface area (Å²) in [6.07, 6.45) is 9.04. The van der Waals surface area contributed by atoms with Crippen LogP contribution in [0.5, 0.6) is 5.75 Å². The van der Waals surface area contributed by atoms with Gasteiger partial charge in [0, 0.05) is 18.5 Å². The van der Waals surface area contributed by atoms with Gasteiger partial charge in [-0.15, -0.1) is 24.0 Å². The molecule has 23 heavy (non-hydrogen) atoms. The fourth-order valence-electron chi connectivity index (χ4n) is 3.59. The first-order valence-electron chi connectivity index (χ1n) is 8.61. The summed E-state index contributed by atoms with van der Waals surface area (Å²) in [6, 6.07) is 8.36. The molecule has 0 radical (unpaired) electrons. The van der Waals surface area contributed by atoms with Crippen LogP contribution in [0, 0.1) is 5.92 Å². The third-order valence-electron chi connectivity index (χ3n) is 4.81. The van der Waals surface area contributed by atoms with Crippen LogP contribution in [0.15, 0.2) is 29.3 Å². The molecule has 1 saturated carbocycles. The van der Waals surface area contributed by atoms with E-state index in [1.807, 2.05) is 18.2 Å². The maximum absolute atomic E-state index is 6.05. The van der Waals surface area contributed by atoms with Crippen molar-refractivity contribution in [1.82, 2.24) is 5.32 Å². The van der Waals surface area contributed by atoms with Crippen LogP contribution in [0.2, 0.25) is 0 Å². The van der Waals surface area contributed by atoms with Crippen molar-refractivity contribution >= 4 is 29.9 Å². The summed E-state index contributed by atoms with van der Waals surface area (Å²) >= 11 is 0. The van der Waals surface area contributed by atoms with Crippen LogP contribution in [0.3, 0.4) is 0 Å². The molecule has 3 rings (SSSR count). The van der Waals surface area contributed by atoms with Crippen molar-refractivity contribution < 1.29 is 4.74 Å². The van der Waals surface area contributed by atoms with Crippen molar-refractivity contribution in [3.63, 3.8) is 0 Å². The van der Waals surface area contributed by atoms with Crippen LogP contribution in [0.4, 0.5) is 0 Å². The van der Waals surface area contributed by atoms with Crippen LogP contribution < -0.4 is 15.8 Å². The van der Waals surface area contributed by atoms with E-state index in [1.54, 1.807) is 0 Å². The lowest BCUT2D eigenvalue weighted by Crippen LogP contribution is -2.37. The molecule has 128 valence electrons. The number of benzene rings is 1. The molecular formula is C18H28IN3O. The van der Waals surface area contributed by atoms with Gasteiger partial charge in [-0.3, -0.25) is 4.99 Å². The predicted molar refractivity (Wildman–Crippen MR) is 106 cm³/mol. The maximum atomic E-state index is 6.05. The van der Waals surface area contributed by atoms with Crippen LogP contribution in [-0.2, 0) is 0 Å². The Hall–Kier alpha value is -0.980. The molecule has 1 heterocycles. The van der Waals surface area contributed by atoms with E-state index in [0.717, 1.165) is 37.7 Å². The summed E-state index contributed by atoms with van der Waals surface area (Å²) < 4.78 is 5.67. The van der Waals surface area contributed by atoms with E-state index in [0.29, 0.717) is 5.96 Å². The summed E-state index contributed by atoms with van der Waals surface area (Å²) in [6.45, 7) is 1.56. The number of nitrogens with zero attached hydrogens (tertiary/aromatic N) is 1.